The summed E-state index contributed by atoms with van der Waals surface area (Å²) in [5, 5.41) is 6.52. The number of nitrogens with two attached hydrogens (primary N) is 2. The van der Waals surface area contributed by atoms with Gasteiger partial charge in [-0.15, -0.1) is 11.3 Å². The largest absolute Gasteiger partial charge is 0.381 e. The van der Waals surface area contributed by atoms with E-state index < -0.39 is 10.0 Å². The van der Waals surface area contributed by atoms with Gasteiger partial charge in [0.15, 0.2) is 15.8 Å². The Hall–Kier alpha value is -1.12. The first-order valence-electron chi connectivity index (χ1n) is 3.24. The third-order valence-electron chi connectivity index (χ3n) is 1.51. The number of hydrogen-bond acceptors (Lipinski definition) is 5. The Labute approximate surface area is 77.9 Å². The molecule has 13 heavy (non-hydrogen) atoms. The smallest absolute Gasteiger partial charge is 0.257 e. The first kappa shape index (κ1) is 8.48. The summed E-state index contributed by atoms with van der Waals surface area (Å²) < 4.78 is 23.5. The third-order valence-corrected chi connectivity index (χ3v) is 3.21. The molecule has 2 aromatic heterocycles. The van der Waals surface area contributed by atoms with Gasteiger partial charge in [-0.25, -0.2) is 18.5 Å². The van der Waals surface area contributed by atoms with Crippen molar-refractivity contribution in [1.29, 1.82) is 0 Å². The van der Waals surface area contributed by atoms with Crippen molar-refractivity contribution in [2.45, 2.75) is 5.03 Å². The normalized spacial score (nSPS) is 12.4. The highest BCUT2D eigenvalue weighted by atomic mass is 32.2. The second-order valence-electron chi connectivity index (χ2n) is 2.40. The summed E-state index contributed by atoms with van der Waals surface area (Å²) in [6.45, 7) is 0. The zero-order chi connectivity index (χ0) is 9.64. The minimum absolute atomic E-state index is 0.0608. The van der Waals surface area contributed by atoms with Gasteiger partial charge in [0.2, 0.25) is 0 Å². The van der Waals surface area contributed by atoms with Crippen molar-refractivity contribution in [3.63, 3.8) is 0 Å². The van der Waals surface area contributed by atoms with E-state index in [9.17, 15) is 8.42 Å². The number of hydrogen-bond donors (Lipinski definition) is 2. The quantitative estimate of drug-likeness (QED) is 0.681. The van der Waals surface area contributed by atoms with Gasteiger partial charge in [-0.2, -0.15) is 0 Å². The summed E-state index contributed by atoms with van der Waals surface area (Å²) >= 11 is 1.29. The van der Waals surface area contributed by atoms with Crippen LogP contribution < -0.4 is 10.9 Å². The average molecular weight is 218 g/mol. The van der Waals surface area contributed by atoms with Gasteiger partial charge >= 0.3 is 0 Å². The molecule has 0 amide bonds. The van der Waals surface area contributed by atoms with Crippen molar-refractivity contribution >= 4 is 32.1 Å². The molecule has 0 atom stereocenters. The highest BCUT2D eigenvalue weighted by Crippen LogP contribution is 2.21. The van der Waals surface area contributed by atoms with E-state index in [2.05, 4.69) is 4.98 Å². The lowest BCUT2D eigenvalue weighted by molar-refractivity contribution is 0.593. The summed E-state index contributed by atoms with van der Waals surface area (Å²) in [5.41, 5.74) is 5.40. The van der Waals surface area contributed by atoms with Gasteiger partial charge in [0, 0.05) is 11.6 Å². The molecule has 0 unspecified atom stereocenters. The number of primary sulfonamides is 1. The Morgan fingerprint density at radius 2 is 2.23 bits per heavy atom. The summed E-state index contributed by atoms with van der Waals surface area (Å²) in [4.78, 5) is 4.35. The molecule has 0 saturated heterocycles. The van der Waals surface area contributed by atoms with E-state index in [1.807, 2.05) is 0 Å². The maximum absolute atomic E-state index is 11.1. The number of thiazole rings is 1. The number of aromatic nitrogens is 2. The van der Waals surface area contributed by atoms with Gasteiger partial charge in [-0.1, -0.05) is 0 Å². The van der Waals surface area contributed by atoms with Crippen molar-refractivity contribution in [2.24, 2.45) is 5.14 Å². The van der Waals surface area contributed by atoms with Crippen molar-refractivity contribution in [2.75, 3.05) is 5.73 Å². The minimum Gasteiger partial charge on any atom is -0.381 e. The van der Waals surface area contributed by atoms with Crippen molar-refractivity contribution in [1.82, 2.24) is 9.38 Å². The van der Waals surface area contributed by atoms with Crippen molar-refractivity contribution < 1.29 is 8.42 Å². The molecule has 6 nitrogen and oxygen atoms in total. The van der Waals surface area contributed by atoms with E-state index in [1.165, 1.54) is 15.7 Å². The molecule has 0 saturated carbocycles. The van der Waals surface area contributed by atoms with Crippen LogP contribution in [0, 0.1) is 0 Å². The lowest BCUT2D eigenvalue weighted by Gasteiger charge is -1.95. The summed E-state index contributed by atoms with van der Waals surface area (Å²) in [6, 6.07) is 0. The predicted octanol–water partition coefficient (Wildman–Crippen LogP) is -0.375. The molecule has 0 spiro atoms. The van der Waals surface area contributed by atoms with Gasteiger partial charge in [-0.05, 0) is 0 Å². The van der Waals surface area contributed by atoms with Crippen molar-refractivity contribution in [3.8, 4) is 0 Å². The van der Waals surface area contributed by atoms with Gasteiger partial charge in [0.1, 0.15) is 0 Å². The van der Waals surface area contributed by atoms with E-state index in [0.717, 1.165) is 0 Å². The van der Waals surface area contributed by atoms with E-state index in [0.29, 0.717) is 4.96 Å². The minimum atomic E-state index is -3.80. The van der Waals surface area contributed by atoms with Crippen LogP contribution in [0.25, 0.3) is 4.96 Å². The van der Waals surface area contributed by atoms with Crippen LogP contribution in [0.4, 0.5) is 5.82 Å². The zero-order valence-electron chi connectivity index (χ0n) is 6.34. The molecule has 4 N–H and O–H groups in total. The van der Waals surface area contributed by atoms with E-state index in [1.54, 1.807) is 11.6 Å². The fourth-order valence-corrected chi connectivity index (χ4v) is 2.60. The first-order chi connectivity index (χ1) is 6.00. The molecule has 8 heteroatoms. The van der Waals surface area contributed by atoms with Crippen LogP contribution in [-0.2, 0) is 10.0 Å². The molecule has 2 rings (SSSR count). The van der Waals surface area contributed by atoms with Crippen LogP contribution in [0.5, 0.6) is 0 Å². The Balaban J connectivity index is 2.94. The molecule has 0 radical (unpaired) electrons. The molecular weight excluding hydrogens is 212 g/mol. The Morgan fingerprint density at radius 1 is 1.54 bits per heavy atom. The highest BCUT2D eigenvalue weighted by Gasteiger charge is 2.20. The molecule has 0 aliphatic heterocycles. The summed E-state index contributed by atoms with van der Waals surface area (Å²) in [6.07, 6.45) is 1.56. The molecule has 2 heterocycles. The number of nitrogen functional groups attached to an aromatic ring is 1. The maximum Gasteiger partial charge on any atom is 0.257 e. The van der Waals surface area contributed by atoms with Crippen LogP contribution in [0.1, 0.15) is 0 Å². The Bertz CT molecular complexity index is 552. The van der Waals surface area contributed by atoms with E-state index in [4.69, 9.17) is 10.9 Å². The monoisotopic (exact) mass is 218 g/mol. The summed E-state index contributed by atoms with van der Waals surface area (Å²) in [7, 11) is -3.80. The molecular formula is C5H6N4O2S2. The van der Waals surface area contributed by atoms with Crippen LogP contribution in [0.15, 0.2) is 16.6 Å². The molecule has 0 aromatic carbocycles. The van der Waals surface area contributed by atoms with Crippen LogP contribution in [0.2, 0.25) is 0 Å². The fraction of sp³-hybridized carbons (Fsp3) is 0. The molecule has 2 aromatic rings. The molecule has 0 aliphatic rings. The van der Waals surface area contributed by atoms with Crippen LogP contribution in [-0.4, -0.2) is 17.8 Å². The van der Waals surface area contributed by atoms with Crippen molar-refractivity contribution in [3.05, 3.63) is 11.6 Å². The molecule has 70 valence electrons. The number of anilines is 1. The topological polar surface area (TPSA) is 103 Å². The lowest BCUT2D eigenvalue weighted by Crippen LogP contribution is -2.15. The number of imidazole rings is 1. The van der Waals surface area contributed by atoms with Gasteiger partial charge in [0.05, 0.1) is 0 Å². The zero-order valence-corrected chi connectivity index (χ0v) is 7.97. The predicted molar refractivity (Wildman–Crippen MR) is 48.9 cm³/mol. The van der Waals surface area contributed by atoms with Gasteiger partial charge in [-0.3, -0.25) is 4.40 Å². The SMILES string of the molecule is Nc1nc2sccn2c1S(N)(=O)=O. The van der Waals surface area contributed by atoms with E-state index >= 15 is 0 Å². The summed E-state index contributed by atoms with van der Waals surface area (Å²) in [5.74, 6) is -0.0608. The number of rotatable bonds is 1. The van der Waals surface area contributed by atoms with E-state index in [-0.39, 0.29) is 10.8 Å². The number of fused-ring (bicyclic) bond motifs is 1. The number of sulfonamides is 1. The first-order valence-corrected chi connectivity index (χ1v) is 5.66. The molecule has 0 aliphatic carbocycles. The Kier molecular flexibility index (Phi) is 1.59. The second-order valence-corrected chi connectivity index (χ2v) is 4.75. The van der Waals surface area contributed by atoms with Gasteiger partial charge in [0.25, 0.3) is 10.0 Å². The van der Waals surface area contributed by atoms with Crippen LogP contribution >= 0.6 is 11.3 Å². The fourth-order valence-electron chi connectivity index (χ4n) is 1.06. The third kappa shape index (κ3) is 1.19. The lowest BCUT2D eigenvalue weighted by atomic mass is 10.8. The molecule has 0 bridgehead atoms. The van der Waals surface area contributed by atoms with Gasteiger partial charge < -0.3 is 5.73 Å². The standard InChI is InChI=1S/C5H6N4O2S2/c6-3-4(13(7,10)11)9-1-2-12-5(9)8-3/h1-2H,6H2,(H2,7,10,11). The van der Waals surface area contributed by atoms with Crippen LogP contribution in [0.3, 0.4) is 0 Å². The second kappa shape index (κ2) is 2.44. The maximum atomic E-state index is 11.1. The number of nitrogens with zero attached hydrogens (tertiary/aromatic N) is 2. The Morgan fingerprint density at radius 3 is 2.85 bits per heavy atom. The molecule has 0 fully saturated rings. The highest BCUT2D eigenvalue weighted by molar-refractivity contribution is 7.89. The average Bonchev–Trinajstić information content (AvgIpc) is 2.41.